The minimum absolute atomic E-state index is 0.121. The maximum Gasteiger partial charge on any atom is 0.242 e. The fourth-order valence-electron chi connectivity index (χ4n) is 3.92. The first-order chi connectivity index (χ1) is 16.6. The van der Waals surface area contributed by atoms with Gasteiger partial charge in [0.15, 0.2) is 0 Å². The van der Waals surface area contributed by atoms with Crippen LogP contribution >= 0.6 is 0 Å². The third kappa shape index (κ3) is 8.66. The van der Waals surface area contributed by atoms with Crippen LogP contribution in [0, 0.1) is 20.8 Å². The molecule has 0 radical (unpaired) electrons. The van der Waals surface area contributed by atoms with Gasteiger partial charge in [-0.2, -0.15) is 0 Å². The van der Waals surface area contributed by atoms with Gasteiger partial charge in [0.05, 0.1) is 11.9 Å². The fourth-order valence-corrected chi connectivity index (χ4v) is 4.93. The standard InChI is InChI=1S/C28H41N3O4S/c1-20-12-15-24(16-13-20)19-30(23(4)27(33)29-28(5,6)7)26(32)10-9-17-31(36(8,34)35)25-18-21(2)11-14-22(25)3/h11-16,18,23H,9-10,17,19H2,1-8H3,(H,29,33). The number of aryl methyl sites for hydroxylation is 3. The van der Waals surface area contributed by atoms with Crippen molar-refractivity contribution in [1.82, 2.24) is 10.2 Å². The van der Waals surface area contributed by atoms with Crippen LogP contribution in [0.25, 0.3) is 0 Å². The molecule has 0 fully saturated rings. The Kier molecular flexibility index (Phi) is 9.71. The molecular formula is C28H41N3O4S. The maximum absolute atomic E-state index is 13.4. The van der Waals surface area contributed by atoms with Gasteiger partial charge in [-0.25, -0.2) is 8.42 Å². The summed E-state index contributed by atoms with van der Waals surface area (Å²) in [5.41, 5.74) is 4.06. The zero-order chi connectivity index (χ0) is 27.3. The Bertz CT molecular complexity index is 1170. The molecule has 8 heteroatoms. The first kappa shape index (κ1) is 29.4. The van der Waals surface area contributed by atoms with Crippen molar-refractivity contribution in [3.05, 3.63) is 64.7 Å². The molecule has 2 amide bonds. The molecule has 7 nitrogen and oxygen atoms in total. The lowest BCUT2D eigenvalue weighted by atomic mass is 10.1. The van der Waals surface area contributed by atoms with E-state index in [0.717, 1.165) is 22.3 Å². The van der Waals surface area contributed by atoms with Gasteiger partial charge in [0.1, 0.15) is 6.04 Å². The number of carbonyl (C=O) groups excluding carboxylic acids is 2. The summed E-state index contributed by atoms with van der Waals surface area (Å²) in [6, 6.07) is 12.9. The predicted octanol–water partition coefficient (Wildman–Crippen LogP) is 4.49. The van der Waals surface area contributed by atoms with Crippen molar-refractivity contribution in [2.75, 3.05) is 17.1 Å². The SMILES string of the molecule is Cc1ccc(CN(C(=O)CCCN(c2cc(C)ccc2C)S(C)(=O)=O)C(C)C(=O)NC(C)(C)C)cc1. The van der Waals surface area contributed by atoms with E-state index in [1.807, 2.05) is 84.0 Å². The first-order valence-corrected chi connectivity index (χ1v) is 14.2. The van der Waals surface area contributed by atoms with Gasteiger partial charge in [0.25, 0.3) is 0 Å². The number of nitrogens with one attached hydrogen (secondary N) is 1. The Morgan fingerprint density at radius 2 is 1.56 bits per heavy atom. The highest BCUT2D eigenvalue weighted by Crippen LogP contribution is 2.24. The van der Waals surface area contributed by atoms with E-state index in [4.69, 9.17) is 0 Å². The Morgan fingerprint density at radius 1 is 0.972 bits per heavy atom. The van der Waals surface area contributed by atoms with Gasteiger partial charge in [-0.1, -0.05) is 42.0 Å². The molecule has 0 aliphatic carbocycles. The zero-order valence-electron chi connectivity index (χ0n) is 22.9. The molecular weight excluding hydrogens is 474 g/mol. The number of sulfonamides is 1. The van der Waals surface area contributed by atoms with E-state index in [0.29, 0.717) is 18.7 Å². The van der Waals surface area contributed by atoms with Crippen molar-refractivity contribution >= 4 is 27.5 Å². The van der Waals surface area contributed by atoms with Crippen molar-refractivity contribution in [1.29, 1.82) is 0 Å². The van der Waals surface area contributed by atoms with E-state index < -0.39 is 21.6 Å². The van der Waals surface area contributed by atoms with E-state index >= 15 is 0 Å². The zero-order valence-corrected chi connectivity index (χ0v) is 23.7. The van der Waals surface area contributed by atoms with Crippen LogP contribution in [0.5, 0.6) is 0 Å². The van der Waals surface area contributed by atoms with Gasteiger partial charge in [0.2, 0.25) is 21.8 Å². The molecule has 0 bridgehead atoms. The average Bonchev–Trinajstić information content (AvgIpc) is 2.75. The van der Waals surface area contributed by atoms with Crippen LogP contribution in [0.2, 0.25) is 0 Å². The minimum Gasteiger partial charge on any atom is -0.350 e. The lowest BCUT2D eigenvalue weighted by molar-refractivity contribution is -0.141. The largest absolute Gasteiger partial charge is 0.350 e. The number of rotatable bonds is 10. The summed E-state index contributed by atoms with van der Waals surface area (Å²) in [5.74, 6) is -0.419. The molecule has 0 spiro atoms. The molecule has 1 N–H and O–H groups in total. The number of amides is 2. The predicted molar refractivity (Wildman–Crippen MR) is 146 cm³/mol. The summed E-state index contributed by atoms with van der Waals surface area (Å²) >= 11 is 0. The molecule has 2 aromatic carbocycles. The van der Waals surface area contributed by atoms with Crippen molar-refractivity contribution in [2.45, 2.75) is 79.4 Å². The third-order valence-corrected chi connectivity index (χ3v) is 7.10. The number of carbonyl (C=O) groups is 2. The highest BCUT2D eigenvalue weighted by molar-refractivity contribution is 7.92. The molecule has 1 unspecified atom stereocenters. The number of nitrogens with zero attached hydrogens (tertiary/aromatic N) is 2. The van der Waals surface area contributed by atoms with Crippen molar-refractivity contribution in [3.8, 4) is 0 Å². The smallest absolute Gasteiger partial charge is 0.242 e. The van der Waals surface area contributed by atoms with Crippen LogP contribution < -0.4 is 9.62 Å². The molecule has 0 heterocycles. The van der Waals surface area contributed by atoms with E-state index in [2.05, 4.69) is 5.32 Å². The summed E-state index contributed by atoms with van der Waals surface area (Å²) in [4.78, 5) is 27.9. The van der Waals surface area contributed by atoms with Gasteiger partial charge in [0, 0.05) is 25.0 Å². The fraction of sp³-hybridized carbons (Fsp3) is 0.500. The summed E-state index contributed by atoms with van der Waals surface area (Å²) in [7, 11) is -3.53. The molecule has 0 saturated heterocycles. The number of hydrogen-bond acceptors (Lipinski definition) is 4. The lowest BCUT2D eigenvalue weighted by Crippen LogP contribution is -2.52. The van der Waals surface area contributed by atoms with E-state index in [1.54, 1.807) is 11.8 Å². The van der Waals surface area contributed by atoms with Crippen molar-refractivity contribution in [3.63, 3.8) is 0 Å². The minimum atomic E-state index is -3.53. The highest BCUT2D eigenvalue weighted by atomic mass is 32.2. The second-order valence-electron chi connectivity index (χ2n) is 10.7. The van der Waals surface area contributed by atoms with Crippen molar-refractivity contribution in [2.24, 2.45) is 0 Å². The van der Waals surface area contributed by atoms with Gasteiger partial charge in [-0.05, 0) is 77.6 Å². The Labute approximate surface area is 216 Å². The lowest BCUT2D eigenvalue weighted by Gasteiger charge is -2.32. The second-order valence-corrected chi connectivity index (χ2v) is 12.6. The third-order valence-electron chi connectivity index (χ3n) is 5.92. The topological polar surface area (TPSA) is 86.8 Å². The highest BCUT2D eigenvalue weighted by Gasteiger charge is 2.28. The molecule has 198 valence electrons. The van der Waals surface area contributed by atoms with Gasteiger partial charge in [-0.15, -0.1) is 0 Å². The molecule has 0 saturated carbocycles. The van der Waals surface area contributed by atoms with Gasteiger partial charge >= 0.3 is 0 Å². The molecule has 0 aliphatic heterocycles. The Morgan fingerprint density at radius 3 is 2.11 bits per heavy atom. The molecule has 2 rings (SSSR count). The Hall–Kier alpha value is -2.87. The van der Waals surface area contributed by atoms with E-state index in [1.165, 1.54) is 10.6 Å². The first-order valence-electron chi connectivity index (χ1n) is 12.3. The normalized spacial score (nSPS) is 12.7. The number of benzene rings is 2. The van der Waals surface area contributed by atoms with Crippen molar-refractivity contribution < 1.29 is 18.0 Å². The summed E-state index contributed by atoms with van der Waals surface area (Å²) < 4.78 is 26.5. The van der Waals surface area contributed by atoms with Crippen LogP contribution in [0.3, 0.4) is 0 Å². The summed E-state index contributed by atoms with van der Waals surface area (Å²) in [5, 5.41) is 2.96. The molecule has 1 atom stereocenters. The molecule has 2 aromatic rings. The van der Waals surface area contributed by atoms with Crippen LogP contribution in [-0.4, -0.2) is 49.5 Å². The van der Waals surface area contributed by atoms with Crippen LogP contribution in [-0.2, 0) is 26.2 Å². The number of hydrogen-bond donors (Lipinski definition) is 1. The maximum atomic E-state index is 13.4. The van der Waals surface area contributed by atoms with E-state index in [9.17, 15) is 18.0 Å². The number of anilines is 1. The Balaban J connectivity index is 2.22. The summed E-state index contributed by atoms with van der Waals surface area (Å²) in [6.45, 7) is 13.7. The van der Waals surface area contributed by atoms with Gasteiger partial charge in [-0.3, -0.25) is 13.9 Å². The molecule has 0 aliphatic rings. The molecule has 0 aromatic heterocycles. The molecule has 36 heavy (non-hydrogen) atoms. The van der Waals surface area contributed by atoms with Crippen LogP contribution in [0.4, 0.5) is 5.69 Å². The second kappa shape index (κ2) is 11.9. The monoisotopic (exact) mass is 515 g/mol. The average molecular weight is 516 g/mol. The van der Waals surface area contributed by atoms with Crippen LogP contribution in [0.1, 0.15) is 62.8 Å². The van der Waals surface area contributed by atoms with Crippen LogP contribution in [0.15, 0.2) is 42.5 Å². The van der Waals surface area contributed by atoms with Gasteiger partial charge < -0.3 is 10.2 Å². The summed E-state index contributed by atoms with van der Waals surface area (Å²) in [6.07, 6.45) is 1.63. The quantitative estimate of drug-likeness (QED) is 0.505. The van der Waals surface area contributed by atoms with E-state index in [-0.39, 0.29) is 24.8 Å².